The summed E-state index contributed by atoms with van der Waals surface area (Å²) in [5, 5.41) is 8.62. The normalized spacial score (nSPS) is 12.0. The zero-order valence-electron chi connectivity index (χ0n) is 17.7. The second-order valence-corrected chi connectivity index (χ2v) is 7.20. The van der Waals surface area contributed by atoms with E-state index in [4.69, 9.17) is 19.0 Å². The number of pyridine rings is 1. The number of fused-ring (bicyclic) bond motifs is 1. The average Bonchev–Trinajstić information content (AvgIpc) is 3.18. The van der Waals surface area contributed by atoms with E-state index in [0.717, 1.165) is 27.6 Å². The maximum Gasteiger partial charge on any atom is 0.223 e. The monoisotopic (exact) mass is 404 g/mol. The van der Waals surface area contributed by atoms with E-state index in [1.807, 2.05) is 24.3 Å². The molecule has 4 aromatic rings. The summed E-state index contributed by atoms with van der Waals surface area (Å²) in [7, 11) is 3.25. The van der Waals surface area contributed by atoms with Crippen molar-refractivity contribution in [3.63, 3.8) is 0 Å². The van der Waals surface area contributed by atoms with Crippen LogP contribution < -0.4 is 14.8 Å². The van der Waals surface area contributed by atoms with Gasteiger partial charge in [-0.05, 0) is 49.2 Å². The number of benzene rings is 2. The van der Waals surface area contributed by atoms with Crippen molar-refractivity contribution >= 4 is 16.7 Å². The Hall–Kier alpha value is -3.61. The lowest BCUT2D eigenvalue weighted by Crippen LogP contribution is -2.10. The summed E-state index contributed by atoms with van der Waals surface area (Å²) in [6.45, 7) is 5.89. The zero-order chi connectivity index (χ0) is 21.3. The van der Waals surface area contributed by atoms with Crippen LogP contribution in [0.1, 0.15) is 30.0 Å². The van der Waals surface area contributed by atoms with Gasteiger partial charge < -0.3 is 19.3 Å². The summed E-state index contributed by atoms with van der Waals surface area (Å²) in [5.41, 5.74) is 3.88. The van der Waals surface area contributed by atoms with Crippen LogP contribution in [0.2, 0.25) is 0 Å². The minimum atomic E-state index is -0.0497. The largest absolute Gasteiger partial charge is 0.493 e. The number of methoxy groups -OCH3 is 2. The number of anilines is 1. The molecule has 0 saturated carbocycles. The Morgan fingerprint density at radius 1 is 0.933 bits per heavy atom. The van der Waals surface area contributed by atoms with Gasteiger partial charge in [-0.2, -0.15) is 4.98 Å². The van der Waals surface area contributed by atoms with Crippen molar-refractivity contribution in [1.29, 1.82) is 0 Å². The molecule has 7 nitrogen and oxygen atoms in total. The minimum Gasteiger partial charge on any atom is -0.493 e. The SMILES string of the molecule is COc1ccc([C@@H](C)Nc2nc3cc(C)ccc3cc2-c2noc(C)n2)cc1OC. The fourth-order valence-corrected chi connectivity index (χ4v) is 3.38. The summed E-state index contributed by atoms with van der Waals surface area (Å²) in [5.74, 6) is 3.07. The molecule has 154 valence electrons. The number of rotatable bonds is 6. The van der Waals surface area contributed by atoms with Gasteiger partial charge in [-0.3, -0.25) is 0 Å². The zero-order valence-corrected chi connectivity index (χ0v) is 17.7. The highest BCUT2D eigenvalue weighted by molar-refractivity contribution is 5.88. The fourth-order valence-electron chi connectivity index (χ4n) is 3.38. The van der Waals surface area contributed by atoms with Gasteiger partial charge in [-0.1, -0.05) is 23.4 Å². The van der Waals surface area contributed by atoms with Crippen LogP contribution in [0.4, 0.5) is 5.82 Å². The smallest absolute Gasteiger partial charge is 0.223 e. The highest BCUT2D eigenvalue weighted by atomic mass is 16.5. The van der Waals surface area contributed by atoms with E-state index in [1.165, 1.54) is 0 Å². The van der Waals surface area contributed by atoms with E-state index in [-0.39, 0.29) is 6.04 Å². The van der Waals surface area contributed by atoms with Crippen molar-refractivity contribution in [2.45, 2.75) is 26.8 Å². The molecule has 0 aliphatic rings. The third kappa shape index (κ3) is 3.78. The van der Waals surface area contributed by atoms with Gasteiger partial charge in [-0.15, -0.1) is 0 Å². The Bertz CT molecular complexity index is 1200. The van der Waals surface area contributed by atoms with Crippen molar-refractivity contribution < 1.29 is 14.0 Å². The van der Waals surface area contributed by atoms with E-state index >= 15 is 0 Å². The maximum atomic E-state index is 5.44. The summed E-state index contributed by atoms with van der Waals surface area (Å²) in [6.07, 6.45) is 0. The standard InChI is InChI=1S/C23H24N4O3/c1-13-6-7-17-11-18(23-25-15(3)30-27-23)22(26-19(17)10-13)24-14(2)16-8-9-20(28-4)21(12-16)29-5/h6-12,14H,1-5H3,(H,24,26)/t14-/m1/s1. The molecule has 0 radical (unpaired) electrons. The first-order chi connectivity index (χ1) is 14.5. The van der Waals surface area contributed by atoms with Crippen LogP contribution in [0, 0.1) is 13.8 Å². The van der Waals surface area contributed by atoms with E-state index in [9.17, 15) is 0 Å². The minimum absolute atomic E-state index is 0.0497. The predicted octanol–water partition coefficient (Wildman–Crippen LogP) is 5.09. The first kappa shape index (κ1) is 19.7. The maximum absolute atomic E-state index is 5.44. The van der Waals surface area contributed by atoms with E-state index in [1.54, 1.807) is 21.1 Å². The van der Waals surface area contributed by atoms with Crippen molar-refractivity contribution in [2.75, 3.05) is 19.5 Å². The molecule has 2 aromatic heterocycles. The molecule has 2 aromatic carbocycles. The van der Waals surface area contributed by atoms with Gasteiger partial charge >= 0.3 is 0 Å². The molecule has 0 spiro atoms. The Morgan fingerprint density at radius 3 is 2.43 bits per heavy atom. The Balaban J connectivity index is 1.77. The Labute approximate surface area is 175 Å². The molecule has 0 fully saturated rings. The molecule has 0 amide bonds. The molecule has 1 atom stereocenters. The van der Waals surface area contributed by atoms with Crippen molar-refractivity contribution in [3.8, 4) is 22.9 Å². The van der Waals surface area contributed by atoms with Gasteiger partial charge in [0.1, 0.15) is 5.82 Å². The van der Waals surface area contributed by atoms with Crippen LogP contribution in [0.25, 0.3) is 22.3 Å². The summed E-state index contributed by atoms with van der Waals surface area (Å²) < 4.78 is 16.0. The van der Waals surface area contributed by atoms with Crippen LogP contribution >= 0.6 is 0 Å². The van der Waals surface area contributed by atoms with Gasteiger partial charge in [0.25, 0.3) is 0 Å². The number of aryl methyl sites for hydroxylation is 2. The summed E-state index contributed by atoms with van der Waals surface area (Å²) >= 11 is 0. The molecule has 0 aliphatic carbocycles. The number of hydrogen-bond acceptors (Lipinski definition) is 7. The molecule has 4 rings (SSSR count). The first-order valence-corrected chi connectivity index (χ1v) is 9.69. The number of aromatic nitrogens is 3. The third-order valence-electron chi connectivity index (χ3n) is 5.00. The van der Waals surface area contributed by atoms with Crippen molar-refractivity contribution in [3.05, 3.63) is 59.5 Å². The molecular formula is C23H24N4O3. The highest BCUT2D eigenvalue weighted by Gasteiger charge is 2.18. The molecular weight excluding hydrogens is 380 g/mol. The van der Waals surface area contributed by atoms with Gasteiger partial charge in [0.15, 0.2) is 11.5 Å². The lowest BCUT2D eigenvalue weighted by Gasteiger charge is -2.19. The topological polar surface area (TPSA) is 82.3 Å². The van der Waals surface area contributed by atoms with Crippen molar-refractivity contribution in [1.82, 2.24) is 15.1 Å². The Morgan fingerprint density at radius 2 is 1.73 bits per heavy atom. The van der Waals surface area contributed by atoms with Gasteiger partial charge in [0.05, 0.1) is 31.3 Å². The number of ether oxygens (including phenoxy) is 2. The fraction of sp³-hybridized carbons (Fsp3) is 0.261. The van der Waals surface area contributed by atoms with Crippen LogP contribution in [0.3, 0.4) is 0 Å². The molecule has 7 heteroatoms. The lowest BCUT2D eigenvalue weighted by molar-refractivity contribution is 0.354. The van der Waals surface area contributed by atoms with Crippen LogP contribution in [0.5, 0.6) is 11.5 Å². The van der Waals surface area contributed by atoms with Gasteiger partial charge in [-0.25, -0.2) is 4.98 Å². The summed E-state index contributed by atoms with van der Waals surface area (Å²) in [6, 6.07) is 14.0. The van der Waals surface area contributed by atoms with Crippen LogP contribution in [-0.2, 0) is 0 Å². The molecule has 0 unspecified atom stereocenters. The third-order valence-corrected chi connectivity index (χ3v) is 5.00. The first-order valence-electron chi connectivity index (χ1n) is 9.69. The predicted molar refractivity (Wildman–Crippen MR) is 116 cm³/mol. The highest BCUT2D eigenvalue weighted by Crippen LogP contribution is 2.34. The van der Waals surface area contributed by atoms with E-state index < -0.39 is 0 Å². The molecule has 1 N–H and O–H groups in total. The second-order valence-electron chi connectivity index (χ2n) is 7.20. The summed E-state index contributed by atoms with van der Waals surface area (Å²) in [4.78, 5) is 9.28. The number of nitrogens with zero attached hydrogens (tertiary/aromatic N) is 3. The van der Waals surface area contributed by atoms with Crippen molar-refractivity contribution in [2.24, 2.45) is 0 Å². The van der Waals surface area contributed by atoms with E-state index in [2.05, 4.69) is 47.5 Å². The number of hydrogen-bond donors (Lipinski definition) is 1. The van der Waals surface area contributed by atoms with Crippen LogP contribution in [-0.4, -0.2) is 29.3 Å². The lowest BCUT2D eigenvalue weighted by atomic mass is 10.1. The second kappa shape index (κ2) is 8.02. The molecule has 0 aliphatic heterocycles. The average molecular weight is 404 g/mol. The molecule has 0 bridgehead atoms. The number of nitrogens with one attached hydrogen (secondary N) is 1. The quantitative estimate of drug-likeness (QED) is 0.479. The molecule has 0 saturated heterocycles. The molecule has 2 heterocycles. The van der Waals surface area contributed by atoms with E-state index in [0.29, 0.717) is 29.0 Å². The Kier molecular flexibility index (Phi) is 5.27. The van der Waals surface area contributed by atoms with Gasteiger partial charge in [0.2, 0.25) is 11.7 Å². The van der Waals surface area contributed by atoms with Gasteiger partial charge in [0, 0.05) is 12.3 Å². The molecule has 30 heavy (non-hydrogen) atoms. The van der Waals surface area contributed by atoms with Crippen LogP contribution in [0.15, 0.2) is 47.0 Å².